The van der Waals surface area contributed by atoms with Crippen molar-refractivity contribution in [2.75, 3.05) is 13.1 Å². The Hall–Kier alpha value is -1.97. The van der Waals surface area contributed by atoms with Gasteiger partial charge in [0, 0.05) is 25.0 Å². The van der Waals surface area contributed by atoms with Gasteiger partial charge in [0.15, 0.2) is 5.82 Å². The Morgan fingerprint density at radius 3 is 2.61 bits per heavy atom. The van der Waals surface area contributed by atoms with E-state index in [-0.39, 0.29) is 17.3 Å². The summed E-state index contributed by atoms with van der Waals surface area (Å²) in [6.07, 6.45) is 1.21. The number of carbonyl (C=O) groups excluding carboxylic acids is 1. The van der Waals surface area contributed by atoms with Gasteiger partial charge < -0.3 is 9.84 Å². The first kappa shape index (κ1) is 20.8. The smallest absolute Gasteiger partial charge is 0.243 e. The summed E-state index contributed by atoms with van der Waals surface area (Å²) < 4.78 is 32.1. The third-order valence-corrected chi connectivity index (χ3v) is 6.86. The molecule has 2 aromatic rings. The van der Waals surface area contributed by atoms with E-state index in [1.165, 1.54) is 28.6 Å². The zero-order valence-corrected chi connectivity index (χ0v) is 17.5. The van der Waals surface area contributed by atoms with E-state index in [2.05, 4.69) is 15.5 Å². The first-order valence-electron chi connectivity index (χ1n) is 8.98. The Kier molecular flexibility index (Phi) is 5.79. The number of piperidine rings is 1. The summed E-state index contributed by atoms with van der Waals surface area (Å²) in [5, 5.41) is 7.25. The van der Waals surface area contributed by atoms with Crippen molar-refractivity contribution in [1.29, 1.82) is 0 Å². The van der Waals surface area contributed by atoms with Crippen LogP contribution < -0.4 is 5.32 Å². The Bertz CT molecular complexity index is 956. The highest BCUT2D eigenvalue weighted by molar-refractivity contribution is 7.89. The zero-order valence-electron chi connectivity index (χ0n) is 16.0. The molecule has 1 unspecified atom stereocenters. The molecule has 1 aliphatic heterocycles. The summed E-state index contributed by atoms with van der Waals surface area (Å²) in [4.78, 5) is 17.2. The van der Waals surface area contributed by atoms with Crippen LogP contribution in [0.4, 0.5) is 0 Å². The minimum Gasteiger partial charge on any atom is -0.344 e. The molecule has 1 amide bonds. The van der Waals surface area contributed by atoms with E-state index in [1.807, 2.05) is 0 Å². The van der Waals surface area contributed by atoms with Crippen molar-refractivity contribution < 1.29 is 17.7 Å². The summed E-state index contributed by atoms with van der Waals surface area (Å²) in [7, 11) is -3.68. The molecule has 0 spiro atoms. The van der Waals surface area contributed by atoms with Gasteiger partial charge in [-0.1, -0.05) is 16.8 Å². The molecule has 2 heterocycles. The van der Waals surface area contributed by atoms with Crippen LogP contribution in [0.1, 0.15) is 38.4 Å². The van der Waals surface area contributed by atoms with E-state index in [4.69, 9.17) is 16.1 Å². The molecule has 1 saturated heterocycles. The van der Waals surface area contributed by atoms with Crippen LogP contribution in [0.3, 0.4) is 0 Å². The fourth-order valence-corrected chi connectivity index (χ4v) is 4.80. The van der Waals surface area contributed by atoms with Crippen LogP contribution in [-0.4, -0.2) is 41.9 Å². The molecular weight excluding hydrogens is 404 g/mol. The van der Waals surface area contributed by atoms with Crippen LogP contribution in [-0.2, 0) is 20.4 Å². The van der Waals surface area contributed by atoms with Crippen molar-refractivity contribution >= 4 is 27.5 Å². The molecule has 1 aliphatic rings. The molecule has 0 radical (unpaired) electrons. The number of rotatable bonds is 5. The molecule has 3 rings (SSSR count). The molecule has 1 fully saturated rings. The van der Waals surface area contributed by atoms with Gasteiger partial charge in [-0.2, -0.15) is 9.29 Å². The predicted octanol–water partition coefficient (Wildman–Crippen LogP) is 2.48. The molecule has 10 heteroatoms. The van der Waals surface area contributed by atoms with E-state index in [0.29, 0.717) is 36.1 Å². The number of amides is 1. The van der Waals surface area contributed by atoms with Crippen LogP contribution in [0, 0.1) is 12.8 Å². The third kappa shape index (κ3) is 4.37. The fourth-order valence-electron chi connectivity index (χ4n) is 3.15. The van der Waals surface area contributed by atoms with Gasteiger partial charge in [-0.05, 0) is 51.0 Å². The highest BCUT2D eigenvalue weighted by Crippen LogP contribution is 2.26. The van der Waals surface area contributed by atoms with Gasteiger partial charge in [0.2, 0.25) is 21.8 Å². The van der Waals surface area contributed by atoms with E-state index >= 15 is 0 Å². The monoisotopic (exact) mass is 426 g/mol. The maximum Gasteiger partial charge on any atom is 0.243 e. The normalized spacial score (nSPS) is 18.8. The lowest BCUT2D eigenvalue weighted by molar-refractivity contribution is -0.127. The van der Waals surface area contributed by atoms with Crippen LogP contribution in [0.25, 0.3) is 0 Å². The number of nitrogens with one attached hydrogen (secondary N) is 1. The maximum absolute atomic E-state index is 12.9. The average molecular weight is 427 g/mol. The van der Waals surface area contributed by atoms with Gasteiger partial charge in [-0.15, -0.1) is 0 Å². The molecular formula is C18H23ClN4O4S. The average Bonchev–Trinajstić information content (AvgIpc) is 3.09. The number of aryl methyl sites for hydroxylation is 1. The van der Waals surface area contributed by atoms with Gasteiger partial charge in [-0.3, -0.25) is 4.79 Å². The van der Waals surface area contributed by atoms with Crippen LogP contribution in [0.15, 0.2) is 33.7 Å². The number of sulfonamides is 1. The van der Waals surface area contributed by atoms with E-state index in [1.54, 1.807) is 20.8 Å². The summed E-state index contributed by atoms with van der Waals surface area (Å²) >= 11 is 5.85. The number of hydrogen-bond donors (Lipinski definition) is 1. The van der Waals surface area contributed by atoms with Gasteiger partial charge in [0.05, 0.1) is 16.4 Å². The lowest BCUT2D eigenvalue weighted by atomic mass is 9.96. The van der Waals surface area contributed by atoms with Crippen molar-refractivity contribution in [2.24, 2.45) is 5.92 Å². The summed E-state index contributed by atoms with van der Waals surface area (Å²) in [6, 6.07) is 6.03. The predicted molar refractivity (Wildman–Crippen MR) is 103 cm³/mol. The van der Waals surface area contributed by atoms with Gasteiger partial charge >= 0.3 is 0 Å². The van der Waals surface area contributed by atoms with E-state index < -0.39 is 21.5 Å². The minimum atomic E-state index is -3.68. The van der Waals surface area contributed by atoms with E-state index in [9.17, 15) is 13.2 Å². The summed E-state index contributed by atoms with van der Waals surface area (Å²) in [5.41, 5.74) is -0.827. The second kappa shape index (κ2) is 7.81. The Balaban J connectivity index is 1.72. The second-order valence-electron chi connectivity index (χ2n) is 7.41. The van der Waals surface area contributed by atoms with Gasteiger partial charge in [-0.25, -0.2) is 8.42 Å². The molecule has 1 N–H and O–H groups in total. The second-order valence-corrected chi connectivity index (χ2v) is 9.78. The molecule has 152 valence electrons. The third-order valence-electron chi connectivity index (χ3n) is 4.73. The standard InChI is InChI=1S/C18H23ClN4O4S/c1-12-20-17(22-27-12)18(2,3)21-16(24)13-5-4-10-23(11-13)28(25,26)15-8-6-14(19)7-9-15/h6-9,13H,4-5,10-11H2,1-3H3,(H,21,24). The molecule has 0 aliphatic carbocycles. The zero-order chi connectivity index (χ0) is 20.5. The molecule has 8 nitrogen and oxygen atoms in total. The molecule has 0 saturated carbocycles. The Morgan fingerprint density at radius 1 is 1.32 bits per heavy atom. The molecule has 1 aromatic heterocycles. The lowest BCUT2D eigenvalue weighted by Crippen LogP contribution is -2.50. The van der Waals surface area contributed by atoms with Gasteiger partial charge in [0.25, 0.3) is 0 Å². The number of aromatic nitrogens is 2. The fraction of sp³-hybridized carbons (Fsp3) is 0.500. The van der Waals surface area contributed by atoms with Crippen molar-refractivity contribution in [3.8, 4) is 0 Å². The van der Waals surface area contributed by atoms with Gasteiger partial charge in [0.1, 0.15) is 0 Å². The van der Waals surface area contributed by atoms with Crippen molar-refractivity contribution in [3.63, 3.8) is 0 Å². The largest absolute Gasteiger partial charge is 0.344 e. The summed E-state index contributed by atoms with van der Waals surface area (Å²) in [6.45, 7) is 5.73. The quantitative estimate of drug-likeness (QED) is 0.787. The SMILES string of the molecule is Cc1nc(C(C)(C)NC(=O)C2CCCN(S(=O)(=O)c3ccc(Cl)cc3)C2)no1. The van der Waals surface area contributed by atoms with Crippen molar-refractivity contribution in [3.05, 3.63) is 41.0 Å². The Labute approximate surface area is 169 Å². The first-order chi connectivity index (χ1) is 13.1. The van der Waals surface area contributed by atoms with Crippen molar-refractivity contribution in [2.45, 2.75) is 44.0 Å². The number of nitrogens with zero attached hydrogens (tertiary/aromatic N) is 3. The number of benzene rings is 1. The Morgan fingerprint density at radius 2 is 2.00 bits per heavy atom. The highest BCUT2D eigenvalue weighted by Gasteiger charge is 2.36. The lowest BCUT2D eigenvalue weighted by Gasteiger charge is -2.33. The molecule has 1 aromatic carbocycles. The van der Waals surface area contributed by atoms with Crippen LogP contribution in [0.5, 0.6) is 0 Å². The van der Waals surface area contributed by atoms with Crippen LogP contribution in [0.2, 0.25) is 5.02 Å². The molecule has 1 atom stereocenters. The minimum absolute atomic E-state index is 0.123. The number of hydrogen-bond acceptors (Lipinski definition) is 6. The highest BCUT2D eigenvalue weighted by atomic mass is 35.5. The maximum atomic E-state index is 12.9. The summed E-state index contributed by atoms with van der Waals surface area (Å²) in [5.74, 6) is 0.0987. The topological polar surface area (TPSA) is 105 Å². The number of carbonyl (C=O) groups is 1. The molecule has 0 bridgehead atoms. The first-order valence-corrected chi connectivity index (χ1v) is 10.8. The number of halogens is 1. The van der Waals surface area contributed by atoms with E-state index in [0.717, 1.165) is 0 Å². The van der Waals surface area contributed by atoms with Crippen LogP contribution >= 0.6 is 11.6 Å². The van der Waals surface area contributed by atoms with Crippen molar-refractivity contribution in [1.82, 2.24) is 19.8 Å². The molecule has 28 heavy (non-hydrogen) atoms.